The van der Waals surface area contributed by atoms with Gasteiger partial charge in [-0.3, -0.25) is 9.59 Å². The SMILES string of the molecule is COCCCc1cc(CN(C(=O)[C@H]2CNCC[C@@H]2c2ccn(C)c(=O)c2)C2CC2)cc(OCCOC2CC2)c1. The number of hydrogen-bond donors (Lipinski definition) is 1. The lowest BCUT2D eigenvalue weighted by Crippen LogP contribution is -2.47. The summed E-state index contributed by atoms with van der Waals surface area (Å²) in [5, 5.41) is 3.43. The summed E-state index contributed by atoms with van der Waals surface area (Å²) in [6, 6.07) is 10.4. The molecule has 5 rings (SSSR count). The van der Waals surface area contributed by atoms with Crippen molar-refractivity contribution < 1.29 is 19.0 Å². The number of methoxy groups -OCH3 is 1. The molecule has 2 heterocycles. The van der Waals surface area contributed by atoms with Gasteiger partial charge in [-0.1, -0.05) is 6.07 Å². The topological polar surface area (TPSA) is 82.0 Å². The number of nitrogens with one attached hydrogen (secondary N) is 1. The van der Waals surface area contributed by atoms with Crippen molar-refractivity contribution in [3.63, 3.8) is 0 Å². The van der Waals surface area contributed by atoms with Crippen LogP contribution < -0.4 is 15.6 Å². The Morgan fingerprint density at radius 2 is 1.87 bits per heavy atom. The Bertz CT molecular complexity index is 1170. The molecular formula is C31H43N3O5. The Labute approximate surface area is 231 Å². The van der Waals surface area contributed by atoms with E-state index in [1.807, 2.05) is 12.3 Å². The van der Waals surface area contributed by atoms with Gasteiger partial charge in [0.05, 0.1) is 18.6 Å². The van der Waals surface area contributed by atoms with Crippen LogP contribution in [-0.2, 0) is 34.3 Å². The van der Waals surface area contributed by atoms with Gasteiger partial charge in [0.15, 0.2) is 0 Å². The standard InChI is InChI=1S/C31H43N3O5/c1-33-12-10-24(19-30(33)35)28-9-11-32-20-29(28)31(36)34(25-5-6-25)21-23-16-22(4-3-13-37-2)17-27(18-23)39-15-14-38-26-7-8-26/h10,12,16-19,25-26,28-29,32H,3-9,11,13-15,20-21H2,1-2H3/t28-,29+/m1/s1. The van der Waals surface area contributed by atoms with E-state index in [4.69, 9.17) is 14.2 Å². The van der Waals surface area contributed by atoms with Crippen LogP contribution in [0.25, 0.3) is 0 Å². The minimum Gasteiger partial charge on any atom is -0.491 e. The van der Waals surface area contributed by atoms with Gasteiger partial charge in [0, 0.05) is 52.2 Å². The van der Waals surface area contributed by atoms with Crippen molar-refractivity contribution in [1.29, 1.82) is 0 Å². The monoisotopic (exact) mass is 537 g/mol. The Morgan fingerprint density at radius 1 is 1.05 bits per heavy atom. The van der Waals surface area contributed by atoms with Gasteiger partial charge in [0.1, 0.15) is 12.4 Å². The average molecular weight is 538 g/mol. The molecule has 8 nitrogen and oxygen atoms in total. The summed E-state index contributed by atoms with van der Waals surface area (Å²) in [6.45, 7) is 3.88. The van der Waals surface area contributed by atoms with Gasteiger partial charge in [-0.2, -0.15) is 0 Å². The molecule has 1 aromatic heterocycles. The molecule has 8 heteroatoms. The number of benzene rings is 1. The highest BCUT2D eigenvalue weighted by molar-refractivity contribution is 5.81. The molecule has 0 spiro atoms. The van der Waals surface area contributed by atoms with E-state index in [2.05, 4.69) is 28.4 Å². The van der Waals surface area contributed by atoms with E-state index >= 15 is 0 Å². The number of nitrogens with zero attached hydrogens (tertiary/aromatic N) is 2. The molecule has 0 radical (unpaired) electrons. The van der Waals surface area contributed by atoms with Crippen molar-refractivity contribution in [2.45, 2.75) is 69.6 Å². The fraction of sp³-hybridized carbons (Fsp3) is 0.613. The number of aryl methyl sites for hydroxylation is 2. The zero-order valence-corrected chi connectivity index (χ0v) is 23.4. The first kappa shape index (κ1) is 27.9. The van der Waals surface area contributed by atoms with Gasteiger partial charge in [-0.05, 0) is 92.3 Å². The fourth-order valence-corrected chi connectivity index (χ4v) is 5.57. The van der Waals surface area contributed by atoms with E-state index in [0.717, 1.165) is 68.4 Å². The maximum absolute atomic E-state index is 14.1. The zero-order chi connectivity index (χ0) is 27.2. The molecule has 2 aliphatic carbocycles. The predicted octanol–water partition coefficient (Wildman–Crippen LogP) is 3.41. The molecule has 1 aromatic carbocycles. The molecule has 1 aliphatic heterocycles. The molecule has 2 atom stereocenters. The first-order valence-electron chi connectivity index (χ1n) is 14.6. The number of carbonyl (C=O) groups excluding carboxylic acids is 1. The average Bonchev–Trinajstić information content (AvgIpc) is 3.86. The van der Waals surface area contributed by atoms with Gasteiger partial charge in [0.2, 0.25) is 5.91 Å². The van der Waals surface area contributed by atoms with Crippen LogP contribution in [0.5, 0.6) is 5.75 Å². The summed E-state index contributed by atoms with van der Waals surface area (Å²) in [5.41, 5.74) is 3.23. The number of ether oxygens (including phenoxy) is 3. The van der Waals surface area contributed by atoms with Gasteiger partial charge < -0.3 is 29.0 Å². The number of hydrogen-bond acceptors (Lipinski definition) is 6. The second-order valence-electron chi connectivity index (χ2n) is 11.3. The minimum atomic E-state index is -0.188. The molecule has 1 amide bonds. The molecule has 3 aliphatic rings. The van der Waals surface area contributed by atoms with E-state index in [1.54, 1.807) is 24.8 Å². The lowest BCUT2D eigenvalue weighted by molar-refractivity contribution is -0.138. The van der Waals surface area contributed by atoms with Crippen molar-refractivity contribution in [2.24, 2.45) is 13.0 Å². The highest BCUT2D eigenvalue weighted by atomic mass is 16.5. The van der Waals surface area contributed by atoms with Gasteiger partial charge in [-0.25, -0.2) is 0 Å². The fourth-order valence-electron chi connectivity index (χ4n) is 5.57. The first-order chi connectivity index (χ1) is 19.0. The number of piperidine rings is 1. The largest absolute Gasteiger partial charge is 0.491 e. The Kier molecular flexibility index (Phi) is 9.37. The van der Waals surface area contributed by atoms with Crippen LogP contribution in [0.3, 0.4) is 0 Å². The zero-order valence-electron chi connectivity index (χ0n) is 23.4. The van der Waals surface area contributed by atoms with E-state index in [-0.39, 0.29) is 29.3 Å². The lowest BCUT2D eigenvalue weighted by atomic mass is 9.80. The quantitative estimate of drug-likeness (QED) is 0.372. The second kappa shape index (κ2) is 13.1. The van der Waals surface area contributed by atoms with Crippen LogP contribution in [0, 0.1) is 5.92 Å². The first-order valence-corrected chi connectivity index (χ1v) is 14.6. The second-order valence-corrected chi connectivity index (χ2v) is 11.3. The number of carbonyl (C=O) groups is 1. The summed E-state index contributed by atoms with van der Waals surface area (Å²) in [6.07, 6.45) is 9.29. The van der Waals surface area contributed by atoms with Crippen molar-refractivity contribution >= 4 is 5.91 Å². The summed E-state index contributed by atoms with van der Waals surface area (Å²) in [4.78, 5) is 28.6. The highest BCUT2D eigenvalue weighted by Crippen LogP contribution is 2.36. The molecule has 0 unspecified atom stereocenters. The van der Waals surface area contributed by atoms with Crippen molar-refractivity contribution in [3.8, 4) is 5.75 Å². The normalized spacial score (nSPS) is 21.1. The van der Waals surface area contributed by atoms with Crippen molar-refractivity contribution in [1.82, 2.24) is 14.8 Å². The van der Waals surface area contributed by atoms with Crippen LogP contribution in [0.2, 0.25) is 0 Å². The number of amides is 1. The molecular weight excluding hydrogens is 494 g/mol. The number of aromatic nitrogens is 1. The van der Waals surface area contributed by atoms with Crippen LogP contribution in [0.15, 0.2) is 41.3 Å². The van der Waals surface area contributed by atoms with E-state index in [1.165, 1.54) is 5.56 Å². The predicted molar refractivity (Wildman–Crippen MR) is 150 cm³/mol. The molecule has 3 fully saturated rings. The maximum Gasteiger partial charge on any atom is 0.250 e. The summed E-state index contributed by atoms with van der Waals surface area (Å²) >= 11 is 0. The van der Waals surface area contributed by atoms with E-state index in [9.17, 15) is 9.59 Å². The molecule has 212 valence electrons. The van der Waals surface area contributed by atoms with Gasteiger partial charge in [0.25, 0.3) is 5.56 Å². The molecule has 2 saturated carbocycles. The molecule has 39 heavy (non-hydrogen) atoms. The van der Waals surface area contributed by atoms with Crippen LogP contribution in [-0.4, -0.2) is 67.5 Å². The smallest absolute Gasteiger partial charge is 0.250 e. The van der Waals surface area contributed by atoms with E-state index < -0.39 is 0 Å². The highest BCUT2D eigenvalue weighted by Gasteiger charge is 2.40. The lowest BCUT2D eigenvalue weighted by Gasteiger charge is -2.36. The van der Waals surface area contributed by atoms with Crippen LogP contribution in [0.4, 0.5) is 0 Å². The van der Waals surface area contributed by atoms with E-state index in [0.29, 0.717) is 39.0 Å². The Morgan fingerprint density at radius 3 is 2.62 bits per heavy atom. The van der Waals surface area contributed by atoms with Crippen molar-refractivity contribution in [2.75, 3.05) is 40.0 Å². The third-order valence-electron chi connectivity index (χ3n) is 8.05. The number of pyridine rings is 1. The molecule has 0 bridgehead atoms. The number of rotatable bonds is 14. The summed E-state index contributed by atoms with van der Waals surface area (Å²) in [7, 11) is 3.48. The molecule has 2 aromatic rings. The molecule has 1 saturated heterocycles. The Balaban J connectivity index is 1.32. The third kappa shape index (κ3) is 7.71. The van der Waals surface area contributed by atoms with Gasteiger partial charge in [-0.15, -0.1) is 0 Å². The Hall–Kier alpha value is -2.68. The molecule has 1 N–H and O–H groups in total. The maximum atomic E-state index is 14.1. The third-order valence-corrected chi connectivity index (χ3v) is 8.05. The van der Waals surface area contributed by atoms with Crippen molar-refractivity contribution in [3.05, 3.63) is 63.6 Å². The minimum absolute atomic E-state index is 0.0309. The van der Waals surface area contributed by atoms with Gasteiger partial charge >= 0.3 is 0 Å². The van der Waals surface area contributed by atoms with Crippen LogP contribution in [0.1, 0.15) is 61.1 Å². The summed E-state index contributed by atoms with van der Waals surface area (Å²) in [5.74, 6) is 0.867. The van der Waals surface area contributed by atoms with Crippen LogP contribution >= 0.6 is 0 Å². The summed E-state index contributed by atoms with van der Waals surface area (Å²) < 4.78 is 18.7.